The number of hydrogen-bond acceptors (Lipinski definition) is 1. The van der Waals surface area contributed by atoms with Gasteiger partial charge in [0.2, 0.25) is 0 Å². The molecule has 2 aromatic rings. The predicted molar refractivity (Wildman–Crippen MR) is 85.4 cm³/mol. The zero-order valence-electron chi connectivity index (χ0n) is 9.81. The van der Waals surface area contributed by atoms with Gasteiger partial charge >= 0.3 is 0 Å². The zero-order chi connectivity index (χ0) is 13.1. The van der Waals surface area contributed by atoms with Crippen LogP contribution in [-0.4, -0.2) is 0 Å². The fraction of sp³-hybridized carbons (Fsp3) is 0.143. The Morgan fingerprint density at radius 1 is 1.06 bits per heavy atom. The van der Waals surface area contributed by atoms with Crippen LogP contribution in [0.3, 0.4) is 0 Å². The van der Waals surface area contributed by atoms with Crippen molar-refractivity contribution in [3.05, 3.63) is 61.5 Å². The lowest BCUT2D eigenvalue weighted by Crippen LogP contribution is -2.00. The Hall–Kier alpha value is -0.510. The van der Waals surface area contributed by atoms with E-state index in [4.69, 9.17) is 11.6 Å². The van der Waals surface area contributed by atoms with Crippen molar-refractivity contribution in [3.8, 4) is 0 Å². The number of anilines is 1. The maximum atomic E-state index is 5.92. The van der Waals surface area contributed by atoms with Gasteiger partial charge in [-0.05, 0) is 58.2 Å². The minimum atomic E-state index is 0.738. The number of aryl methyl sites for hydroxylation is 1. The number of rotatable bonds is 3. The van der Waals surface area contributed by atoms with E-state index in [1.165, 1.54) is 11.1 Å². The normalized spacial score (nSPS) is 10.4. The molecule has 1 N–H and O–H groups in total. The summed E-state index contributed by atoms with van der Waals surface area (Å²) in [5.74, 6) is 0. The minimum absolute atomic E-state index is 0.738. The first kappa shape index (κ1) is 13.9. The van der Waals surface area contributed by atoms with Gasteiger partial charge in [0.05, 0.1) is 0 Å². The lowest BCUT2D eigenvalue weighted by Gasteiger charge is -2.10. The summed E-state index contributed by atoms with van der Waals surface area (Å²) in [5, 5.41) is 4.13. The lowest BCUT2D eigenvalue weighted by atomic mass is 10.2. The van der Waals surface area contributed by atoms with Gasteiger partial charge in [0.1, 0.15) is 0 Å². The van der Waals surface area contributed by atoms with Gasteiger partial charge < -0.3 is 5.32 Å². The van der Waals surface area contributed by atoms with Crippen molar-refractivity contribution in [1.82, 2.24) is 0 Å². The summed E-state index contributed by atoms with van der Waals surface area (Å²) in [6.45, 7) is 2.82. The Kier molecular flexibility index (Phi) is 4.71. The van der Waals surface area contributed by atoms with Crippen LogP contribution in [0.4, 0.5) is 5.69 Å². The van der Waals surface area contributed by atoms with Crippen molar-refractivity contribution in [2.75, 3.05) is 5.32 Å². The van der Waals surface area contributed by atoms with Gasteiger partial charge in [-0.1, -0.05) is 39.7 Å². The molecule has 1 nitrogen and oxygen atoms in total. The number of benzene rings is 2. The molecular formula is C14H12Br2ClN. The predicted octanol–water partition coefficient (Wildman–Crippen LogP) is 5.79. The molecule has 0 atom stereocenters. The monoisotopic (exact) mass is 387 g/mol. The molecule has 0 aromatic heterocycles. The average Bonchev–Trinajstić information content (AvgIpc) is 2.30. The van der Waals surface area contributed by atoms with Gasteiger partial charge in [-0.25, -0.2) is 0 Å². The number of hydrogen-bond donors (Lipinski definition) is 1. The molecule has 0 fully saturated rings. The van der Waals surface area contributed by atoms with Gasteiger partial charge in [-0.3, -0.25) is 0 Å². The Balaban J connectivity index is 2.11. The van der Waals surface area contributed by atoms with Crippen LogP contribution in [0.2, 0.25) is 5.02 Å². The van der Waals surface area contributed by atoms with Gasteiger partial charge in [-0.15, -0.1) is 0 Å². The number of halogens is 3. The molecule has 4 heteroatoms. The van der Waals surface area contributed by atoms with E-state index in [2.05, 4.69) is 62.3 Å². The van der Waals surface area contributed by atoms with E-state index >= 15 is 0 Å². The van der Waals surface area contributed by atoms with Gasteiger partial charge in [0.25, 0.3) is 0 Å². The second-order valence-electron chi connectivity index (χ2n) is 4.07. The van der Waals surface area contributed by atoms with Crippen molar-refractivity contribution in [2.24, 2.45) is 0 Å². The lowest BCUT2D eigenvalue weighted by molar-refractivity contribution is 1.13. The molecule has 2 rings (SSSR count). The van der Waals surface area contributed by atoms with E-state index in [0.29, 0.717) is 0 Å². The first-order chi connectivity index (χ1) is 8.56. The molecule has 0 saturated heterocycles. The van der Waals surface area contributed by atoms with Crippen LogP contribution in [0.15, 0.2) is 45.3 Å². The summed E-state index contributed by atoms with van der Waals surface area (Å²) < 4.78 is 2.10. The molecule has 0 unspecified atom stereocenters. The Morgan fingerprint density at radius 2 is 1.83 bits per heavy atom. The summed E-state index contributed by atoms with van der Waals surface area (Å²) in [6, 6.07) is 12.1. The summed E-state index contributed by atoms with van der Waals surface area (Å²) >= 11 is 13.0. The van der Waals surface area contributed by atoms with Gasteiger partial charge in [-0.2, -0.15) is 0 Å². The Bertz CT molecular complexity index is 518. The highest BCUT2D eigenvalue weighted by atomic mass is 79.9. The first-order valence-corrected chi connectivity index (χ1v) is 7.46. The van der Waals surface area contributed by atoms with Gasteiger partial charge in [0, 0.05) is 26.2 Å². The molecule has 0 aliphatic heterocycles. The second-order valence-corrected chi connectivity index (χ2v) is 6.22. The Labute approximate surface area is 129 Å². The highest BCUT2D eigenvalue weighted by Crippen LogP contribution is 2.26. The van der Waals surface area contributed by atoms with Crippen LogP contribution < -0.4 is 5.32 Å². The maximum absolute atomic E-state index is 5.92. The average molecular weight is 390 g/mol. The number of nitrogens with one attached hydrogen (secondary N) is 1. The summed E-state index contributed by atoms with van der Waals surface area (Å²) in [4.78, 5) is 0. The SMILES string of the molecule is Cc1ccc(NCc2ccc(Cl)cc2Br)c(Br)c1. The third kappa shape index (κ3) is 3.50. The highest BCUT2D eigenvalue weighted by molar-refractivity contribution is 9.11. The Morgan fingerprint density at radius 3 is 2.50 bits per heavy atom. The third-order valence-electron chi connectivity index (χ3n) is 2.61. The minimum Gasteiger partial charge on any atom is -0.380 e. The van der Waals surface area contributed by atoms with Crippen LogP contribution in [0, 0.1) is 6.92 Å². The van der Waals surface area contributed by atoms with E-state index in [1.54, 1.807) is 0 Å². The summed E-state index contributed by atoms with van der Waals surface area (Å²) in [5.41, 5.74) is 3.49. The van der Waals surface area contributed by atoms with E-state index in [-0.39, 0.29) is 0 Å². The molecule has 94 valence electrons. The molecule has 2 aromatic carbocycles. The molecule has 0 aliphatic carbocycles. The highest BCUT2D eigenvalue weighted by Gasteiger charge is 2.03. The van der Waals surface area contributed by atoms with Crippen LogP contribution in [0.5, 0.6) is 0 Å². The van der Waals surface area contributed by atoms with Crippen molar-refractivity contribution >= 4 is 49.1 Å². The van der Waals surface area contributed by atoms with E-state index < -0.39 is 0 Å². The van der Waals surface area contributed by atoms with Crippen LogP contribution >= 0.6 is 43.5 Å². The largest absolute Gasteiger partial charge is 0.380 e. The van der Waals surface area contributed by atoms with Crippen molar-refractivity contribution in [1.29, 1.82) is 0 Å². The topological polar surface area (TPSA) is 12.0 Å². The smallest absolute Gasteiger partial charge is 0.0487 e. The third-order valence-corrected chi connectivity index (χ3v) is 4.24. The molecular weight excluding hydrogens is 377 g/mol. The van der Waals surface area contributed by atoms with Crippen molar-refractivity contribution in [2.45, 2.75) is 13.5 Å². The molecule has 0 heterocycles. The standard InChI is InChI=1S/C14H12Br2ClN/c1-9-2-5-14(13(16)6-9)18-8-10-3-4-11(17)7-12(10)15/h2-7,18H,8H2,1H3. The molecule has 0 saturated carbocycles. The fourth-order valence-electron chi connectivity index (χ4n) is 1.62. The quantitative estimate of drug-likeness (QED) is 0.701. The molecule has 18 heavy (non-hydrogen) atoms. The zero-order valence-corrected chi connectivity index (χ0v) is 13.7. The van der Waals surface area contributed by atoms with Crippen LogP contribution in [0.25, 0.3) is 0 Å². The fourth-order valence-corrected chi connectivity index (χ4v) is 3.08. The summed E-state index contributed by atoms with van der Waals surface area (Å²) in [7, 11) is 0. The second kappa shape index (κ2) is 6.09. The van der Waals surface area contributed by atoms with Crippen LogP contribution in [0.1, 0.15) is 11.1 Å². The van der Waals surface area contributed by atoms with Crippen LogP contribution in [-0.2, 0) is 6.54 Å². The van der Waals surface area contributed by atoms with Crippen molar-refractivity contribution < 1.29 is 0 Å². The molecule has 0 amide bonds. The molecule has 0 spiro atoms. The maximum Gasteiger partial charge on any atom is 0.0487 e. The van der Waals surface area contributed by atoms with Gasteiger partial charge in [0.15, 0.2) is 0 Å². The molecule has 0 aliphatic rings. The van der Waals surface area contributed by atoms with E-state index in [1.807, 2.05) is 18.2 Å². The molecule has 0 bridgehead atoms. The van der Waals surface area contributed by atoms with E-state index in [9.17, 15) is 0 Å². The first-order valence-electron chi connectivity index (χ1n) is 5.50. The summed E-state index contributed by atoms with van der Waals surface area (Å²) in [6.07, 6.45) is 0. The molecule has 0 radical (unpaired) electrons. The van der Waals surface area contributed by atoms with E-state index in [0.717, 1.165) is 26.2 Å². The van der Waals surface area contributed by atoms with Crippen molar-refractivity contribution in [3.63, 3.8) is 0 Å².